The Morgan fingerprint density at radius 3 is 2.47 bits per heavy atom. The molecule has 0 saturated heterocycles. The number of hydrogen-bond donors (Lipinski definition) is 0. The molecule has 2 aromatic rings. The van der Waals surface area contributed by atoms with Crippen LogP contribution in [0.2, 0.25) is 0 Å². The summed E-state index contributed by atoms with van der Waals surface area (Å²) in [5.41, 5.74) is 0.812. The molecule has 0 fully saturated rings. The summed E-state index contributed by atoms with van der Waals surface area (Å²) < 4.78 is 5.17. The van der Waals surface area contributed by atoms with E-state index in [1.165, 1.54) is 34.9 Å². The van der Waals surface area contributed by atoms with Gasteiger partial charge in [0.2, 0.25) is 5.91 Å². The Hall–Kier alpha value is -3.64. The number of nitrogens with zero attached hydrogens (tertiary/aromatic N) is 3. The van der Waals surface area contributed by atoms with Crippen molar-refractivity contribution in [3.8, 4) is 6.07 Å². The lowest BCUT2D eigenvalue weighted by Crippen LogP contribution is -2.46. The fourth-order valence-corrected chi connectivity index (χ4v) is 4.60. The van der Waals surface area contributed by atoms with Crippen molar-refractivity contribution in [1.29, 1.82) is 5.26 Å². The molecule has 0 radical (unpaired) electrons. The SMILES string of the molecule is CCOC(=O)C1C(=O)N(Cc2ccccc2)C(SC)=C(C#N)C1c1ccccc1[N+](=O)[O-]. The molecule has 9 heteroatoms. The number of nitro groups is 1. The van der Waals surface area contributed by atoms with E-state index in [9.17, 15) is 25.0 Å². The molecule has 0 spiro atoms. The molecule has 0 N–H and O–H groups in total. The van der Waals surface area contributed by atoms with Crippen molar-refractivity contribution < 1.29 is 19.2 Å². The second kappa shape index (κ2) is 10.1. The van der Waals surface area contributed by atoms with Gasteiger partial charge in [0.15, 0.2) is 0 Å². The molecule has 2 aromatic carbocycles. The van der Waals surface area contributed by atoms with E-state index in [1.807, 2.05) is 30.3 Å². The first kappa shape index (κ1) is 23.0. The summed E-state index contributed by atoms with van der Waals surface area (Å²) in [6.45, 7) is 1.80. The molecule has 0 bridgehead atoms. The first-order chi connectivity index (χ1) is 15.4. The van der Waals surface area contributed by atoms with Gasteiger partial charge in [-0.25, -0.2) is 0 Å². The van der Waals surface area contributed by atoms with E-state index in [1.54, 1.807) is 19.2 Å². The molecule has 2 atom stereocenters. The lowest BCUT2D eigenvalue weighted by Gasteiger charge is -2.37. The van der Waals surface area contributed by atoms with E-state index >= 15 is 0 Å². The minimum absolute atomic E-state index is 0.0336. The number of hydrogen-bond acceptors (Lipinski definition) is 7. The van der Waals surface area contributed by atoms with E-state index < -0.39 is 28.6 Å². The summed E-state index contributed by atoms with van der Waals surface area (Å²) in [5, 5.41) is 22.1. The Bertz CT molecular complexity index is 1110. The van der Waals surface area contributed by atoms with Crippen LogP contribution in [0.15, 0.2) is 65.2 Å². The minimum atomic E-state index is -1.41. The largest absolute Gasteiger partial charge is 0.465 e. The molecular weight excluding hydrogens is 430 g/mol. The molecule has 0 aliphatic carbocycles. The van der Waals surface area contributed by atoms with Crippen molar-refractivity contribution in [1.82, 2.24) is 4.90 Å². The highest BCUT2D eigenvalue weighted by Gasteiger charge is 2.49. The van der Waals surface area contributed by atoms with Crippen LogP contribution in [-0.4, -0.2) is 34.6 Å². The molecule has 1 aliphatic rings. The number of nitro benzene ring substituents is 1. The topological polar surface area (TPSA) is 114 Å². The number of amides is 1. The van der Waals surface area contributed by atoms with Gasteiger partial charge < -0.3 is 9.64 Å². The Kier molecular flexibility index (Phi) is 7.28. The number of thioether (sulfide) groups is 1. The molecule has 1 heterocycles. The van der Waals surface area contributed by atoms with Crippen LogP contribution in [-0.2, 0) is 20.9 Å². The predicted octanol–water partition coefficient (Wildman–Crippen LogP) is 4.00. The number of carbonyl (C=O) groups excluding carboxylic acids is 2. The molecule has 8 nitrogen and oxygen atoms in total. The monoisotopic (exact) mass is 451 g/mol. The molecule has 32 heavy (non-hydrogen) atoms. The number of para-hydroxylation sites is 1. The summed E-state index contributed by atoms with van der Waals surface area (Å²) in [6, 6.07) is 17.2. The van der Waals surface area contributed by atoms with Gasteiger partial charge in [-0.2, -0.15) is 5.26 Å². The lowest BCUT2D eigenvalue weighted by molar-refractivity contribution is -0.385. The molecule has 3 rings (SSSR count). The molecule has 1 amide bonds. The van der Waals surface area contributed by atoms with E-state index in [-0.39, 0.29) is 30.0 Å². The first-order valence-electron chi connectivity index (χ1n) is 9.88. The van der Waals surface area contributed by atoms with Gasteiger partial charge in [0.25, 0.3) is 5.69 Å². The maximum atomic E-state index is 13.6. The van der Waals surface area contributed by atoms with Gasteiger partial charge in [0.1, 0.15) is 5.92 Å². The molecule has 0 saturated carbocycles. The quantitative estimate of drug-likeness (QED) is 0.270. The van der Waals surface area contributed by atoms with Crippen LogP contribution < -0.4 is 0 Å². The van der Waals surface area contributed by atoms with Gasteiger partial charge in [-0.05, 0) is 18.7 Å². The van der Waals surface area contributed by atoms with Crippen LogP contribution in [0.1, 0.15) is 24.0 Å². The second-order valence-electron chi connectivity index (χ2n) is 6.97. The van der Waals surface area contributed by atoms with Crippen molar-refractivity contribution in [3.63, 3.8) is 0 Å². The Morgan fingerprint density at radius 2 is 1.88 bits per heavy atom. The molecule has 1 aliphatic heterocycles. The maximum absolute atomic E-state index is 13.6. The van der Waals surface area contributed by atoms with Crippen LogP contribution >= 0.6 is 11.8 Å². The van der Waals surface area contributed by atoms with Crippen LogP contribution in [0.5, 0.6) is 0 Å². The van der Waals surface area contributed by atoms with Gasteiger partial charge >= 0.3 is 5.97 Å². The zero-order valence-electron chi connectivity index (χ0n) is 17.6. The third-order valence-electron chi connectivity index (χ3n) is 5.16. The van der Waals surface area contributed by atoms with Crippen LogP contribution in [0.4, 0.5) is 5.69 Å². The highest BCUT2D eigenvalue weighted by molar-refractivity contribution is 8.02. The van der Waals surface area contributed by atoms with E-state index in [4.69, 9.17) is 4.74 Å². The minimum Gasteiger partial charge on any atom is -0.465 e. The van der Waals surface area contributed by atoms with Crippen LogP contribution in [0, 0.1) is 27.4 Å². The number of ether oxygens (including phenoxy) is 1. The van der Waals surface area contributed by atoms with Crippen molar-refractivity contribution in [2.75, 3.05) is 12.9 Å². The average Bonchev–Trinajstić information content (AvgIpc) is 2.80. The van der Waals surface area contributed by atoms with Gasteiger partial charge in [-0.3, -0.25) is 19.7 Å². The van der Waals surface area contributed by atoms with Crippen molar-refractivity contribution >= 4 is 29.3 Å². The number of rotatable bonds is 7. The van der Waals surface area contributed by atoms with E-state index in [0.29, 0.717) is 5.03 Å². The average molecular weight is 452 g/mol. The predicted molar refractivity (Wildman–Crippen MR) is 119 cm³/mol. The number of esters is 1. The summed E-state index contributed by atoms with van der Waals surface area (Å²) in [4.78, 5) is 39.1. The summed E-state index contributed by atoms with van der Waals surface area (Å²) >= 11 is 1.19. The summed E-state index contributed by atoms with van der Waals surface area (Å²) in [7, 11) is 0. The molecular formula is C23H21N3O5S. The van der Waals surface area contributed by atoms with Gasteiger partial charge in [-0.15, -0.1) is 11.8 Å². The fourth-order valence-electron chi connectivity index (χ4n) is 3.83. The maximum Gasteiger partial charge on any atom is 0.319 e. The summed E-state index contributed by atoms with van der Waals surface area (Å²) in [6.07, 6.45) is 1.72. The van der Waals surface area contributed by atoms with E-state index in [0.717, 1.165) is 5.56 Å². The van der Waals surface area contributed by atoms with Gasteiger partial charge in [0.05, 0.1) is 40.7 Å². The molecule has 2 unspecified atom stereocenters. The van der Waals surface area contributed by atoms with E-state index in [2.05, 4.69) is 6.07 Å². The smallest absolute Gasteiger partial charge is 0.319 e. The number of allylic oxidation sites excluding steroid dienone is 1. The number of carbonyl (C=O) groups is 2. The van der Waals surface area contributed by atoms with Crippen molar-refractivity contribution in [2.45, 2.75) is 19.4 Å². The number of nitriles is 1. The first-order valence-corrected chi connectivity index (χ1v) is 11.1. The fraction of sp³-hybridized carbons (Fsp3) is 0.261. The van der Waals surface area contributed by atoms with Crippen molar-refractivity contribution in [3.05, 3.63) is 86.4 Å². The Morgan fingerprint density at radius 1 is 1.22 bits per heavy atom. The molecule has 0 aromatic heterocycles. The van der Waals surface area contributed by atoms with Crippen LogP contribution in [0.3, 0.4) is 0 Å². The van der Waals surface area contributed by atoms with Crippen LogP contribution in [0.25, 0.3) is 0 Å². The third kappa shape index (κ3) is 4.36. The standard InChI is InChI=1S/C23H21N3O5S/c1-3-31-23(28)20-19(16-11-7-8-12-18(16)26(29)30)17(13-24)22(32-2)25(21(20)27)14-15-9-5-4-6-10-15/h4-12,19-20H,3,14H2,1-2H3. The lowest BCUT2D eigenvalue weighted by atomic mass is 9.77. The second-order valence-corrected chi connectivity index (χ2v) is 7.76. The van der Waals surface area contributed by atoms with Gasteiger partial charge in [0, 0.05) is 11.6 Å². The summed E-state index contributed by atoms with van der Waals surface area (Å²) in [5.74, 6) is -3.90. The van der Waals surface area contributed by atoms with Gasteiger partial charge in [-0.1, -0.05) is 48.5 Å². The third-order valence-corrected chi connectivity index (χ3v) is 5.99. The highest BCUT2D eigenvalue weighted by atomic mass is 32.2. The zero-order chi connectivity index (χ0) is 23.3. The Labute approximate surface area is 189 Å². The molecule has 164 valence electrons. The normalized spacial score (nSPS) is 18.3. The number of benzene rings is 2. The van der Waals surface area contributed by atoms with Crippen molar-refractivity contribution in [2.24, 2.45) is 5.92 Å². The Balaban J connectivity index is 2.25. The zero-order valence-corrected chi connectivity index (χ0v) is 18.4. The highest BCUT2D eigenvalue weighted by Crippen LogP contribution is 2.46.